The van der Waals surface area contributed by atoms with Crippen molar-refractivity contribution in [2.24, 2.45) is 5.10 Å². The van der Waals surface area contributed by atoms with E-state index in [0.29, 0.717) is 32.8 Å². The van der Waals surface area contributed by atoms with Crippen molar-refractivity contribution in [3.05, 3.63) is 130 Å². The van der Waals surface area contributed by atoms with Crippen LogP contribution in [0.1, 0.15) is 21.6 Å². The lowest BCUT2D eigenvalue weighted by atomic mass is 10.1. The van der Waals surface area contributed by atoms with E-state index >= 15 is 0 Å². The third-order valence-corrected chi connectivity index (χ3v) is 7.36. The van der Waals surface area contributed by atoms with Crippen molar-refractivity contribution in [2.75, 3.05) is 19.0 Å². The highest BCUT2D eigenvalue weighted by atomic mass is 79.9. The molecule has 2 amide bonds. The van der Waals surface area contributed by atoms with Crippen LogP contribution in [-0.2, 0) is 4.79 Å². The average Bonchev–Trinajstić information content (AvgIpc) is 3.43. The zero-order valence-corrected chi connectivity index (χ0v) is 25.5. The third-order valence-electron chi connectivity index (χ3n) is 6.67. The van der Waals surface area contributed by atoms with Gasteiger partial charge in [0.15, 0.2) is 18.1 Å². The Balaban J connectivity index is 1.21. The summed E-state index contributed by atoms with van der Waals surface area (Å²) in [4.78, 5) is 25.1. The zero-order chi connectivity index (χ0) is 31.1. The second kappa shape index (κ2) is 13.8. The van der Waals surface area contributed by atoms with E-state index in [0.717, 1.165) is 22.6 Å². The molecule has 44 heavy (non-hydrogen) atoms. The van der Waals surface area contributed by atoms with E-state index in [4.69, 9.17) is 9.47 Å². The van der Waals surface area contributed by atoms with Gasteiger partial charge in [-0.2, -0.15) is 5.10 Å². The molecule has 0 saturated carbocycles. The Bertz CT molecular complexity index is 1800. The highest BCUT2D eigenvalue weighted by Gasteiger charge is 2.13. The number of nitrogens with zero attached hydrogens (tertiary/aromatic N) is 2. The van der Waals surface area contributed by atoms with Gasteiger partial charge >= 0.3 is 0 Å². The number of aryl methyl sites for hydroxylation is 1. The SMILES string of the molecule is COc1cc(/C=N/NC(=O)c2ccc(-n3c(C)ccc3-c3ccccc3)cc2)c(Br)cc1OCC(=O)Nc1ccc(F)cc1. The molecule has 2 N–H and O–H groups in total. The number of carbonyl (C=O) groups is 2. The minimum absolute atomic E-state index is 0.292. The molecule has 10 heteroatoms. The molecular weight excluding hydrogens is 627 g/mol. The van der Waals surface area contributed by atoms with Gasteiger partial charge in [-0.3, -0.25) is 9.59 Å². The molecule has 0 aliphatic rings. The first-order valence-electron chi connectivity index (χ1n) is 13.6. The quantitative estimate of drug-likeness (QED) is 0.124. The monoisotopic (exact) mass is 654 g/mol. The fraction of sp³-hybridized carbons (Fsp3) is 0.0882. The van der Waals surface area contributed by atoms with Crippen LogP contribution in [0.15, 0.2) is 113 Å². The summed E-state index contributed by atoms with van der Waals surface area (Å²) in [6, 6.07) is 30.3. The minimum atomic E-state index is -0.420. The number of halogens is 2. The van der Waals surface area contributed by atoms with Gasteiger partial charge in [0, 0.05) is 32.7 Å². The van der Waals surface area contributed by atoms with Crippen LogP contribution in [-0.4, -0.2) is 36.3 Å². The van der Waals surface area contributed by atoms with E-state index in [1.54, 1.807) is 24.3 Å². The van der Waals surface area contributed by atoms with Crippen LogP contribution in [0.5, 0.6) is 11.5 Å². The summed E-state index contributed by atoms with van der Waals surface area (Å²) in [6.07, 6.45) is 1.47. The molecule has 0 radical (unpaired) electrons. The first kappa shape index (κ1) is 30.2. The van der Waals surface area contributed by atoms with E-state index in [1.165, 1.54) is 37.6 Å². The van der Waals surface area contributed by atoms with Crippen LogP contribution >= 0.6 is 15.9 Å². The van der Waals surface area contributed by atoms with E-state index in [9.17, 15) is 14.0 Å². The van der Waals surface area contributed by atoms with Crippen molar-refractivity contribution < 1.29 is 23.5 Å². The number of methoxy groups -OCH3 is 1. The topological polar surface area (TPSA) is 93.9 Å². The van der Waals surface area contributed by atoms with Crippen molar-refractivity contribution >= 4 is 39.6 Å². The van der Waals surface area contributed by atoms with E-state index in [2.05, 4.69) is 60.6 Å². The highest BCUT2D eigenvalue weighted by molar-refractivity contribution is 9.10. The Morgan fingerprint density at radius 2 is 1.66 bits per heavy atom. The van der Waals surface area contributed by atoms with Gasteiger partial charge in [-0.1, -0.05) is 30.3 Å². The molecule has 8 nitrogen and oxygen atoms in total. The normalized spacial score (nSPS) is 10.9. The molecule has 5 aromatic rings. The number of anilines is 1. The molecule has 0 atom stereocenters. The van der Waals surface area contributed by atoms with Crippen LogP contribution in [0, 0.1) is 12.7 Å². The van der Waals surface area contributed by atoms with Crippen molar-refractivity contribution in [1.82, 2.24) is 9.99 Å². The van der Waals surface area contributed by atoms with Crippen molar-refractivity contribution in [3.8, 4) is 28.4 Å². The summed E-state index contributed by atoms with van der Waals surface area (Å²) >= 11 is 3.47. The van der Waals surface area contributed by atoms with Crippen LogP contribution < -0.4 is 20.2 Å². The lowest BCUT2D eigenvalue weighted by Crippen LogP contribution is -2.20. The summed E-state index contributed by atoms with van der Waals surface area (Å²) in [7, 11) is 1.47. The fourth-order valence-corrected chi connectivity index (χ4v) is 4.92. The second-order valence-corrected chi connectivity index (χ2v) is 10.5. The molecule has 222 valence electrons. The average molecular weight is 656 g/mol. The number of amides is 2. The molecule has 0 unspecified atom stereocenters. The third kappa shape index (κ3) is 7.22. The largest absolute Gasteiger partial charge is 0.493 e. The van der Waals surface area contributed by atoms with Gasteiger partial charge in [-0.25, -0.2) is 9.82 Å². The summed E-state index contributed by atoms with van der Waals surface area (Å²) in [5.41, 5.74) is 8.25. The van der Waals surface area contributed by atoms with Gasteiger partial charge in [0.1, 0.15) is 5.82 Å². The van der Waals surface area contributed by atoms with Crippen LogP contribution in [0.4, 0.5) is 10.1 Å². The maximum atomic E-state index is 13.1. The number of hydrogen-bond acceptors (Lipinski definition) is 5. The number of aromatic nitrogens is 1. The first-order valence-corrected chi connectivity index (χ1v) is 14.3. The lowest BCUT2D eigenvalue weighted by Gasteiger charge is -2.13. The molecule has 0 spiro atoms. The first-order chi connectivity index (χ1) is 21.3. The van der Waals surface area contributed by atoms with Gasteiger partial charge < -0.3 is 19.4 Å². The number of benzene rings is 4. The van der Waals surface area contributed by atoms with Gasteiger partial charge in [0.05, 0.1) is 19.0 Å². The Morgan fingerprint density at radius 1 is 0.932 bits per heavy atom. The number of nitrogens with one attached hydrogen (secondary N) is 2. The molecule has 5 rings (SSSR count). The van der Waals surface area contributed by atoms with Gasteiger partial charge in [0.2, 0.25) is 0 Å². The minimum Gasteiger partial charge on any atom is -0.493 e. The second-order valence-electron chi connectivity index (χ2n) is 9.68. The Labute approximate surface area is 262 Å². The summed E-state index contributed by atoms with van der Waals surface area (Å²) < 4.78 is 26.9. The fourth-order valence-electron chi connectivity index (χ4n) is 4.50. The summed E-state index contributed by atoms with van der Waals surface area (Å²) in [5.74, 6) is -0.497. The van der Waals surface area contributed by atoms with Gasteiger partial charge in [0.25, 0.3) is 11.8 Å². The number of rotatable bonds is 10. The zero-order valence-electron chi connectivity index (χ0n) is 23.9. The lowest BCUT2D eigenvalue weighted by molar-refractivity contribution is -0.118. The maximum absolute atomic E-state index is 13.1. The summed E-state index contributed by atoms with van der Waals surface area (Å²) in [5, 5.41) is 6.74. The molecule has 0 aliphatic heterocycles. The van der Waals surface area contributed by atoms with Crippen LogP contribution in [0.3, 0.4) is 0 Å². The van der Waals surface area contributed by atoms with Gasteiger partial charge in [-0.05, 0) is 101 Å². The predicted molar refractivity (Wildman–Crippen MR) is 172 cm³/mol. The number of ether oxygens (including phenoxy) is 2. The smallest absolute Gasteiger partial charge is 0.271 e. The van der Waals surface area contributed by atoms with Crippen molar-refractivity contribution in [3.63, 3.8) is 0 Å². The molecule has 0 fully saturated rings. The number of hydrazone groups is 1. The number of hydrogen-bond donors (Lipinski definition) is 2. The molecule has 0 bridgehead atoms. The van der Waals surface area contributed by atoms with E-state index < -0.39 is 11.7 Å². The van der Waals surface area contributed by atoms with Crippen LogP contribution in [0.2, 0.25) is 0 Å². The Kier molecular flexibility index (Phi) is 9.51. The highest BCUT2D eigenvalue weighted by Crippen LogP contribution is 2.33. The van der Waals surface area contributed by atoms with Crippen LogP contribution in [0.25, 0.3) is 16.9 Å². The molecule has 4 aromatic carbocycles. The van der Waals surface area contributed by atoms with E-state index in [-0.39, 0.29) is 12.5 Å². The van der Waals surface area contributed by atoms with Crippen molar-refractivity contribution in [2.45, 2.75) is 6.92 Å². The van der Waals surface area contributed by atoms with E-state index in [1.807, 2.05) is 37.3 Å². The molecule has 0 aliphatic carbocycles. The molecule has 0 saturated heterocycles. The predicted octanol–water partition coefficient (Wildman–Crippen LogP) is 7.14. The Hall–Kier alpha value is -5.22. The van der Waals surface area contributed by atoms with Gasteiger partial charge in [-0.15, -0.1) is 0 Å². The Morgan fingerprint density at radius 3 is 2.36 bits per heavy atom. The summed E-state index contributed by atoms with van der Waals surface area (Å²) in [6.45, 7) is 1.75. The molecular formula is C34H28BrFN4O4. The molecule has 1 heterocycles. The maximum Gasteiger partial charge on any atom is 0.271 e. The van der Waals surface area contributed by atoms with Crippen molar-refractivity contribution in [1.29, 1.82) is 0 Å². The molecule has 1 aromatic heterocycles. The standard InChI is InChI=1S/C34H28BrFN4O4/c1-22-8-17-30(23-6-4-3-5-7-23)40(22)28-15-9-24(10-16-28)34(42)39-37-20-25-18-31(43-2)32(19-29(25)35)44-21-33(41)38-27-13-11-26(36)12-14-27/h3-20H,21H2,1-2H3,(H,38,41)(H,39,42)/b37-20+. The number of carbonyl (C=O) groups excluding carboxylic acids is 2.